The van der Waals surface area contributed by atoms with E-state index in [1.54, 1.807) is 0 Å². The van der Waals surface area contributed by atoms with E-state index in [4.69, 9.17) is 14.2 Å². The van der Waals surface area contributed by atoms with Crippen LogP contribution < -0.4 is 10.1 Å². The summed E-state index contributed by atoms with van der Waals surface area (Å²) < 4.78 is 28.6. The van der Waals surface area contributed by atoms with Crippen LogP contribution in [0.15, 0.2) is 36.4 Å². The van der Waals surface area contributed by atoms with E-state index < -0.39 is 29.2 Å². The molecule has 0 spiro atoms. The molecule has 2 aromatic rings. The van der Waals surface area contributed by atoms with Crippen LogP contribution in [0.4, 0.5) is 10.1 Å². The molecule has 0 fully saturated rings. The Balaban J connectivity index is 1.60. The number of ether oxygens (including phenoxy) is 3. The van der Waals surface area contributed by atoms with Crippen LogP contribution >= 0.6 is 0 Å². The third-order valence-corrected chi connectivity index (χ3v) is 3.85. The van der Waals surface area contributed by atoms with Gasteiger partial charge in [0.25, 0.3) is 11.6 Å². The molecule has 0 aromatic heterocycles. The SMILES string of the molecule is O=C(CNC(=O)c1cccc(F)c1)OCc1cc([N+](=O)[O-])cc2c1OCOC2. The monoisotopic (exact) mass is 390 g/mol. The van der Waals surface area contributed by atoms with Crippen LogP contribution in [0.2, 0.25) is 0 Å². The number of benzene rings is 2. The first-order valence-corrected chi connectivity index (χ1v) is 8.14. The van der Waals surface area contributed by atoms with Crippen molar-refractivity contribution < 1.29 is 33.1 Å². The van der Waals surface area contributed by atoms with Crippen molar-refractivity contribution in [3.8, 4) is 5.75 Å². The van der Waals surface area contributed by atoms with E-state index in [9.17, 15) is 24.1 Å². The fourth-order valence-electron chi connectivity index (χ4n) is 2.59. The highest BCUT2D eigenvalue weighted by atomic mass is 19.1. The number of carbonyl (C=O) groups excluding carboxylic acids is 2. The van der Waals surface area contributed by atoms with Gasteiger partial charge < -0.3 is 19.5 Å². The Morgan fingerprint density at radius 1 is 1.29 bits per heavy atom. The molecule has 0 aliphatic carbocycles. The van der Waals surface area contributed by atoms with Crippen LogP contribution in [-0.2, 0) is 27.5 Å². The molecule has 0 saturated heterocycles. The quantitative estimate of drug-likeness (QED) is 0.456. The Kier molecular flexibility index (Phi) is 5.80. The number of nitrogens with one attached hydrogen (secondary N) is 1. The molecule has 0 unspecified atom stereocenters. The molecule has 2 aromatic carbocycles. The van der Waals surface area contributed by atoms with Crippen molar-refractivity contribution in [2.45, 2.75) is 13.2 Å². The number of esters is 1. The van der Waals surface area contributed by atoms with Crippen LogP contribution in [0.1, 0.15) is 21.5 Å². The fraction of sp³-hybridized carbons (Fsp3) is 0.222. The van der Waals surface area contributed by atoms with Crippen molar-refractivity contribution in [3.63, 3.8) is 0 Å². The summed E-state index contributed by atoms with van der Waals surface area (Å²) in [4.78, 5) is 34.3. The molecule has 0 saturated carbocycles. The largest absolute Gasteiger partial charge is 0.467 e. The summed E-state index contributed by atoms with van der Waals surface area (Å²) in [6, 6.07) is 7.59. The Morgan fingerprint density at radius 3 is 2.86 bits per heavy atom. The molecular weight excluding hydrogens is 375 g/mol. The second-order valence-corrected chi connectivity index (χ2v) is 5.81. The summed E-state index contributed by atoms with van der Waals surface area (Å²) in [6.45, 7) is -0.605. The summed E-state index contributed by atoms with van der Waals surface area (Å²) in [6.07, 6.45) is 0. The second kappa shape index (κ2) is 8.44. The summed E-state index contributed by atoms with van der Waals surface area (Å²) >= 11 is 0. The van der Waals surface area contributed by atoms with Gasteiger partial charge in [-0.2, -0.15) is 0 Å². The van der Waals surface area contributed by atoms with E-state index in [0.717, 1.165) is 6.07 Å². The maximum Gasteiger partial charge on any atom is 0.325 e. The molecule has 10 heteroatoms. The number of hydrogen-bond donors (Lipinski definition) is 1. The first-order valence-electron chi connectivity index (χ1n) is 8.14. The van der Waals surface area contributed by atoms with Gasteiger partial charge in [0.1, 0.15) is 24.7 Å². The average molecular weight is 390 g/mol. The molecule has 1 aliphatic heterocycles. The van der Waals surface area contributed by atoms with Crippen LogP contribution in [0.3, 0.4) is 0 Å². The lowest BCUT2D eigenvalue weighted by Gasteiger charge is -2.20. The Morgan fingerprint density at radius 2 is 2.11 bits per heavy atom. The molecule has 1 N–H and O–H groups in total. The summed E-state index contributed by atoms with van der Waals surface area (Å²) in [5.74, 6) is -1.61. The highest BCUT2D eigenvalue weighted by Crippen LogP contribution is 2.33. The molecule has 0 radical (unpaired) electrons. The van der Waals surface area contributed by atoms with E-state index in [1.165, 1.54) is 30.3 Å². The van der Waals surface area contributed by atoms with Gasteiger partial charge in [0.05, 0.1) is 11.5 Å². The van der Waals surface area contributed by atoms with Crippen molar-refractivity contribution >= 4 is 17.6 Å². The molecule has 1 amide bonds. The average Bonchev–Trinajstić information content (AvgIpc) is 2.69. The van der Waals surface area contributed by atoms with Crippen LogP contribution in [-0.4, -0.2) is 30.1 Å². The topological polar surface area (TPSA) is 117 Å². The number of hydrogen-bond acceptors (Lipinski definition) is 7. The number of amides is 1. The molecule has 1 aliphatic rings. The van der Waals surface area contributed by atoms with E-state index in [0.29, 0.717) is 16.9 Å². The van der Waals surface area contributed by atoms with Crippen LogP contribution in [0.25, 0.3) is 0 Å². The Hall–Kier alpha value is -3.53. The van der Waals surface area contributed by atoms with Crippen molar-refractivity contribution in [1.82, 2.24) is 5.32 Å². The lowest BCUT2D eigenvalue weighted by molar-refractivity contribution is -0.385. The number of halogens is 1. The summed E-state index contributed by atoms with van der Waals surface area (Å²) in [5, 5.41) is 13.4. The van der Waals surface area contributed by atoms with Gasteiger partial charge in [-0.05, 0) is 18.2 Å². The normalized spacial score (nSPS) is 12.5. The van der Waals surface area contributed by atoms with Gasteiger partial charge >= 0.3 is 5.97 Å². The van der Waals surface area contributed by atoms with E-state index in [-0.39, 0.29) is 31.3 Å². The minimum atomic E-state index is -0.767. The van der Waals surface area contributed by atoms with Gasteiger partial charge in [0.15, 0.2) is 6.79 Å². The zero-order valence-electron chi connectivity index (χ0n) is 14.5. The van der Waals surface area contributed by atoms with Gasteiger partial charge in [-0.3, -0.25) is 19.7 Å². The van der Waals surface area contributed by atoms with Crippen molar-refractivity contribution in [1.29, 1.82) is 0 Å². The predicted molar refractivity (Wildman–Crippen MR) is 91.9 cm³/mol. The number of rotatable bonds is 6. The van der Waals surface area contributed by atoms with Crippen LogP contribution in [0, 0.1) is 15.9 Å². The van der Waals surface area contributed by atoms with Crippen molar-refractivity contribution in [2.24, 2.45) is 0 Å². The maximum atomic E-state index is 13.1. The summed E-state index contributed by atoms with van der Waals surface area (Å²) in [7, 11) is 0. The molecule has 9 nitrogen and oxygen atoms in total. The van der Waals surface area contributed by atoms with Gasteiger partial charge in [0, 0.05) is 28.8 Å². The molecule has 3 rings (SSSR count). The molecule has 1 heterocycles. The Bertz CT molecular complexity index is 932. The minimum Gasteiger partial charge on any atom is -0.467 e. The number of nitro benzene ring substituents is 1. The molecule has 0 bridgehead atoms. The molecule has 0 atom stereocenters. The molecule has 146 valence electrons. The first kappa shape index (κ1) is 19.2. The smallest absolute Gasteiger partial charge is 0.325 e. The first-order chi connectivity index (χ1) is 13.4. The lowest BCUT2D eigenvalue weighted by atomic mass is 10.1. The second-order valence-electron chi connectivity index (χ2n) is 5.81. The molecular formula is C18H15FN2O7. The van der Waals surface area contributed by atoms with Crippen molar-refractivity contribution in [3.05, 3.63) is 69.0 Å². The Labute approximate surface area is 158 Å². The third-order valence-electron chi connectivity index (χ3n) is 3.85. The lowest BCUT2D eigenvalue weighted by Crippen LogP contribution is -2.30. The number of nitrogens with zero attached hydrogens (tertiary/aromatic N) is 1. The number of fused-ring (bicyclic) bond motifs is 1. The van der Waals surface area contributed by atoms with Crippen molar-refractivity contribution in [2.75, 3.05) is 13.3 Å². The van der Waals surface area contributed by atoms with Gasteiger partial charge in [-0.25, -0.2) is 4.39 Å². The van der Waals surface area contributed by atoms with Crippen LogP contribution in [0.5, 0.6) is 5.75 Å². The van der Waals surface area contributed by atoms with E-state index in [2.05, 4.69) is 5.32 Å². The zero-order valence-corrected chi connectivity index (χ0v) is 14.5. The van der Waals surface area contributed by atoms with E-state index in [1.807, 2.05) is 0 Å². The summed E-state index contributed by atoms with van der Waals surface area (Å²) in [5.41, 5.74) is 0.676. The third kappa shape index (κ3) is 4.60. The number of non-ortho nitro benzene ring substituents is 1. The van der Waals surface area contributed by atoms with Gasteiger partial charge in [-0.1, -0.05) is 6.07 Å². The fourth-order valence-corrected chi connectivity index (χ4v) is 2.59. The zero-order chi connectivity index (χ0) is 20.1. The number of carbonyl (C=O) groups is 2. The standard InChI is InChI=1S/C18H15FN2O7/c19-14-3-1-2-11(4-14)18(23)20-7-16(22)27-9-13-6-15(21(24)25)5-12-8-26-10-28-17(12)13/h1-6H,7-10H2,(H,20,23). The predicted octanol–water partition coefficient (Wildman–Crippen LogP) is 2.07. The van der Waals surface area contributed by atoms with E-state index >= 15 is 0 Å². The minimum absolute atomic E-state index is 0.0184. The number of nitro groups is 1. The highest BCUT2D eigenvalue weighted by Gasteiger charge is 2.22. The molecule has 28 heavy (non-hydrogen) atoms. The maximum absolute atomic E-state index is 13.1. The highest BCUT2D eigenvalue weighted by molar-refractivity contribution is 5.95. The van der Waals surface area contributed by atoms with Gasteiger partial charge in [-0.15, -0.1) is 0 Å². The van der Waals surface area contributed by atoms with Gasteiger partial charge in [0.2, 0.25) is 0 Å².